The molecule has 6 heteroatoms. The molecule has 148 valence electrons. The molecular formula is C22H28N4O2. The first-order valence-electron chi connectivity index (χ1n) is 9.58. The van der Waals surface area contributed by atoms with E-state index in [1.165, 1.54) is 16.5 Å². The minimum atomic E-state index is 0.584. The number of rotatable bonds is 8. The molecule has 1 aromatic heterocycles. The lowest BCUT2D eigenvalue weighted by Gasteiger charge is -2.14. The molecule has 0 aliphatic rings. The number of ether oxygens (including phenoxy) is 2. The summed E-state index contributed by atoms with van der Waals surface area (Å²) >= 11 is 0. The van der Waals surface area contributed by atoms with Crippen LogP contribution in [0, 0.1) is 0 Å². The second kappa shape index (κ2) is 9.69. The van der Waals surface area contributed by atoms with E-state index in [1.807, 2.05) is 25.1 Å². The Balaban J connectivity index is 1.53. The van der Waals surface area contributed by atoms with E-state index in [2.05, 4.69) is 51.1 Å². The van der Waals surface area contributed by atoms with Gasteiger partial charge in [0.2, 0.25) is 0 Å². The molecule has 0 bridgehead atoms. The van der Waals surface area contributed by atoms with Crippen LogP contribution in [0.3, 0.4) is 0 Å². The average Bonchev–Trinajstić information content (AvgIpc) is 3.14. The minimum Gasteiger partial charge on any atom is -0.493 e. The van der Waals surface area contributed by atoms with Crippen molar-refractivity contribution in [3.05, 3.63) is 54.2 Å². The number of H-pyrrole nitrogens is 1. The number of methoxy groups -OCH3 is 1. The van der Waals surface area contributed by atoms with E-state index >= 15 is 0 Å². The molecule has 0 fully saturated rings. The van der Waals surface area contributed by atoms with Crippen LogP contribution in [0.4, 0.5) is 5.69 Å². The van der Waals surface area contributed by atoms with Gasteiger partial charge in [-0.15, -0.1) is 0 Å². The third-order valence-electron chi connectivity index (χ3n) is 4.54. The van der Waals surface area contributed by atoms with Gasteiger partial charge in [0, 0.05) is 42.4 Å². The Hall–Kier alpha value is -3.15. The van der Waals surface area contributed by atoms with E-state index in [9.17, 15) is 0 Å². The van der Waals surface area contributed by atoms with Crippen molar-refractivity contribution in [2.45, 2.75) is 19.8 Å². The highest BCUT2D eigenvalue weighted by molar-refractivity contribution is 5.93. The molecule has 0 amide bonds. The Bertz CT molecular complexity index is 933. The molecule has 0 aliphatic heterocycles. The van der Waals surface area contributed by atoms with Crippen LogP contribution in [0.25, 0.3) is 10.9 Å². The predicted molar refractivity (Wildman–Crippen MR) is 116 cm³/mol. The third-order valence-corrected chi connectivity index (χ3v) is 4.54. The Morgan fingerprint density at radius 2 is 2.00 bits per heavy atom. The number of benzene rings is 2. The summed E-state index contributed by atoms with van der Waals surface area (Å²) in [7, 11) is 3.40. The third kappa shape index (κ3) is 4.76. The Morgan fingerprint density at radius 3 is 2.79 bits per heavy atom. The molecule has 0 aliphatic carbocycles. The molecular weight excluding hydrogens is 352 g/mol. The largest absolute Gasteiger partial charge is 0.493 e. The number of hydrogen-bond donors (Lipinski definition) is 3. The molecule has 0 saturated heterocycles. The molecule has 3 aromatic rings. The monoisotopic (exact) mass is 380 g/mol. The highest BCUT2D eigenvalue weighted by atomic mass is 16.5. The number of guanidine groups is 1. The van der Waals surface area contributed by atoms with Crippen LogP contribution >= 0.6 is 0 Å². The zero-order valence-corrected chi connectivity index (χ0v) is 16.7. The molecule has 6 nitrogen and oxygen atoms in total. The summed E-state index contributed by atoms with van der Waals surface area (Å²) in [6, 6.07) is 14.1. The number of aliphatic imine (C=N–C) groups is 1. The molecule has 3 N–H and O–H groups in total. The van der Waals surface area contributed by atoms with Crippen molar-refractivity contribution in [2.75, 3.05) is 32.6 Å². The van der Waals surface area contributed by atoms with Gasteiger partial charge in [0.05, 0.1) is 13.7 Å². The number of aryl methyl sites for hydroxylation is 1. The van der Waals surface area contributed by atoms with Crippen LogP contribution in [0.1, 0.15) is 18.9 Å². The second-order valence-electron chi connectivity index (χ2n) is 6.39. The lowest BCUT2D eigenvalue weighted by Crippen LogP contribution is -2.31. The number of aromatic amines is 1. The predicted octanol–water partition coefficient (Wildman–Crippen LogP) is 4.20. The Kier molecular flexibility index (Phi) is 6.78. The first-order chi connectivity index (χ1) is 13.7. The highest BCUT2D eigenvalue weighted by Gasteiger charge is 2.07. The first-order valence-corrected chi connectivity index (χ1v) is 9.58. The zero-order chi connectivity index (χ0) is 19.8. The van der Waals surface area contributed by atoms with Gasteiger partial charge < -0.3 is 25.1 Å². The van der Waals surface area contributed by atoms with Crippen LogP contribution in [-0.4, -0.2) is 38.3 Å². The van der Waals surface area contributed by atoms with Crippen molar-refractivity contribution in [1.29, 1.82) is 0 Å². The molecule has 2 aromatic carbocycles. The standard InChI is InChI=1S/C22H28N4O2/c1-4-28-21-14-17(11-12-20(21)27-3)26-22(23-2)24-13-7-8-16-15-25-19-10-6-5-9-18(16)19/h5-6,9-12,14-15,25H,4,7-8,13H2,1-3H3,(H2,23,24,26). The van der Waals surface area contributed by atoms with E-state index in [0.29, 0.717) is 18.1 Å². The number of nitrogens with one attached hydrogen (secondary N) is 3. The van der Waals surface area contributed by atoms with Crippen LogP contribution in [0.5, 0.6) is 11.5 Å². The van der Waals surface area contributed by atoms with Crippen molar-refractivity contribution >= 4 is 22.5 Å². The summed E-state index contributed by atoms with van der Waals surface area (Å²) in [5.41, 5.74) is 3.43. The molecule has 0 spiro atoms. The van der Waals surface area contributed by atoms with Crippen LogP contribution in [0.2, 0.25) is 0 Å². The first kappa shape index (κ1) is 19.6. The van der Waals surface area contributed by atoms with Gasteiger partial charge in [-0.25, -0.2) is 0 Å². The lowest BCUT2D eigenvalue weighted by atomic mass is 10.1. The van der Waals surface area contributed by atoms with E-state index in [0.717, 1.165) is 31.0 Å². The fourth-order valence-electron chi connectivity index (χ4n) is 3.16. The SMILES string of the molecule is CCOc1cc(NC(=NC)NCCCc2c[nH]c3ccccc23)ccc1OC. The summed E-state index contributed by atoms with van der Waals surface area (Å²) < 4.78 is 11.0. The van der Waals surface area contributed by atoms with Gasteiger partial charge in [-0.1, -0.05) is 18.2 Å². The van der Waals surface area contributed by atoms with Gasteiger partial charge in [-0.3, -0.25) is 4.99 Å². The smallest absolute Gasteiger partial charge is 0.195 e. The maximum atomic E-state index is 5.63. The topological polar surface area (TPSA) is 70.7 Å². The molecule has 0 radical (unpaired) electrons. The van der Waals surface area contributed by atoms with Gasteiger partial charge in [-0.2, -0.15) is 0 Å². The number of aromatic nitrogens is 1. The maximum absolute atomic E-state index is 5.63. The molecule has 0 unspecified atom stereocenters. The number of para-hydroxylation sites is 1. The Morgan fingerprint density at radius 1 is 1.14 bits per heavy atom. The van der Waals surface area contributed by atoms with E-state index < -0.39 is 0 Å². The van der Waals surface area contributed by atoms with E-state index in [1.54, 1.807) is 14.2 Å². The lowest BCUT2D eigenvalue weighted by molar-refractivity contribution is 0.311. The summed E-state index contributed by atoms with van der Waals surface area (Å²) in [5.74, 6) is 2.16. The summed E-state index contributed by atoms with van der Waals surface area (Å²) in [6.07, 6.45) is 4.12. The van der Waals surface area contributed by atoms with E-state index in [4.69, 9.17) is 9.47 Å². The van der Waals surface area contributed by atoms with Crippen molar-refractivity contribution in [3.8, 4) is 11.5 Å². The van der Waals surface area contributed by atoms with Gasteiger partial charge in [0.25, 0.3) is 0 Å². The van der Waals surface area contributed by atoms with Crippen molar-refractivity contribution < 1.29 is 9.47 Å². The number of nitrogens with zero attached hydrogens (tertiary/aromatic N) is 1. The molecule has 28 heavy (non-hydrogen) atoms. The van der Waals surface area contributed by atoms with Gasteiger partial charge in [-0.05, 0) is 43.5 Å². The summed E-state index contributed by atoms with van der Waals surface area (Å²) in [5, 5.41) is 7.96. The normalized spacial score (nSPS) is 11.5. The zero-order valence-electron chi connectivity index (χ0n) is 16.7. The fraction of sp³-hybridized carbons (Fsp3) is 0.318. The quantitative estimate of drug-likeness (QED) is 0.311. The summed E-state index contributed by atoms with van der Waals surface area (Å²) in [6.45, 7) is 3.36. The molecule has 1 heterocycles. The van der Waals surface area contributed by atoms with Gasteiger partial charge >= 0.3 is 0 Å². The molecule has 0 atom stereocenters. The number of hydrogen-bond acceptors (Lipinski definition) is 3. The minimum absolute atomic E-state index is 0.584. The van der Waals surface area contributed by atoms with Crippen molar-refractivity contribution in [1.82, 2.24) is 10.3 Å². The van der Waals surface area contributed by atoms with Crippen molar-refractivity contribution in [3.63, 3.8) is 0 Å². The van der Waals surface area contributed by atoms with Crippen molar-refractivity contribution in [2.24, 2.45) is 4.99 Å². The second-order valence-corrected chi connectivity index (χ2v) is 6.39. The summed E-state index contributed by atoms with van der Waals surface area (Å²) in [4.78, 5) is 7.63. The van der Waals surface area contributed by atoms with E-state index in [-0.39, 0.29) is 0 Å². The molecule has 0 saturated carbocycles. The van der Waals surface area contributed by atoms with Gasteiger partial charge in [0.1, 0.15) is 0 Å². The highest BCUT2D eigenvalue weighted by Crippen LogP contribution is 2.30. The number of anilines is 1. The van der Waals surface area contributed by atoms with Crippen LogP contribution in [-0.2, 0) is 6.42 Å². The Labute approximate surface area is 166 Å². The van der Waals surface area contributed by atoms with Crippen LogP contribution in [0.15, 0.2) is 53.7 Å². The van der Waals surface area contributed by atoms with Crippen LogP contribution < -0.4 is 20.1 Å². The fourth-order valence-corrected chi connectivity index (χ4v) is 3.16. The van der Waals surface area contributed by atoms with Gasteiger partial charge in [0.15, 0.2) is 17.5 Å². The maximum Gasteiger partial charge on any atom is 0.195 e. The number of fused-ring (bicyclic) bond motifs is 1. The average molecular weight is 380 g/mol. The molecule has 3 rings (SSSR count).